The van der Waals surface area contributed by atoms with E-state index in [1.165, 1.54) is 0 Å². The molecule has 146 valence electrons. The fourth-order valence-corrected chi connectivity index (χ4v) is 2.96. The number of hydrogen-bond donors (Lipinski definition) is 0. The normalized spacial score (nSPS) is 15.7. The highest BCUT2D eigenvalue weighted by molar-refractivity contribution is 6.66. The molecule has 1 aliphatic heterocycles. The number of hydrogen-bond acceptors (Lipinski definition) is 7. The SMILES string of the molecule is COc1cc(OC)cc(-c2nc(N3CCN(C)CC3)nc(C(Cl)(Cl)Cl)n2)c1. The monoisotopic (exact) mass is 431 g/mol. The van der Waals surface area contributed by atoms with E-state index in [2.05, 4.69) is 31.8 Å². The van der Waals surface area contributed by atoms with Gasteiger partial charge >= 0.3 is 0 Å². The van der Waals surface area contributed by atoms with E-state index in [0.29, 0.717) is 28.8 Å². The molecule has 1 fully saturated rings. The van der Waals surface area contributed by atoms with Gasteiger partial charge in [-0.2, -0.15) is 9.97 Å². The second kappa shape index (κ2) is 8.22. The first-order valence-electron chi connectivity index (χ1n) is 8.30. The van der Waals surface area contributed by atoms with Crippen molar-refractivity contribution in [3.8, 4) is 22.9 Å². The highest BCUT2D eigenvalue weighted by Crippen LogP contribution is 2.38. The van der Waals surface area contributed by atoms with Crippen molar-refractivity contribution in [3.63, 3.8) is 0 Å². The van der Waals surface area contributed by atoms with Crippen LogP contribution >= 0.6 is 34.8 Å². The molecule has 2 aromatic rings. The Morgan fingerprint density at radius 1 is 0.889 bits per heavy atom. The number of piperazine rings is 1. The van der Waals surface area contributed by atoms with E-state index < -0.39 is 3.79 Å². The first-order valence-corrected chi connectivity index (χ1v) is 9.44. The summed E-state index contributed by atoms with van der Waals surface area (Å²) < 4.78 is 8.90. The van der Waals surface area contributed by atoms with Crippen LogP contribution in [0.25, 0.3) is 11.4 Å². The number of aromatic nitrogens is 3. The van der Waals surface area contributed by atoms with Crippen LogP contribution in [0.1, 0.15) is 5.82 Å². The molecular weight excluding hydrogens is 413 g/mol. The van der Waals surface area contributed by atoms with E-state index in [4.69, 9.17) is 44.3 Å². The number of nitrogens with zero attached hydrogens (tertiary/aromatic N) is 5. The quantitative estimate of drug-likeness (QED) is 0.688. The van der Waals surface area contributed by atoms with Crippen molar-refractivity contribution >= 4 is 40.8 Å². The van der Waals surface area contributed by atoms with Gasteiger partial charge in [0.1, 0.15) is 11.5 Å². The zero-order valence-electron chi connectivity index (χ0n) is 15.2. The van der Waals surface area contributed by atoms with Crippen molar-refractivity contribution in [2.24, 2.45) is 0 Å². The van der Waals surface area contributed by atoms with Gasteiger partial charge in [0.15, 0.2) is 11.6 Å². The molecule has 0 spiro atoms. The van der Waals surface area contributed by atoms with Gasteiger partial charge < -0.3 is 19.3 Å². The average molecular weight is 433 g/mol. The maximum absolute atomic E-state index is 6.07. The van der Waals surface area contributed by atoms with Crippen LogP contribution in [-0.2, 0) is 3.79 Å². The molecule has 2 heterocycles. The molecule has 0 amide bonds. The van der Waals surface area contributed by atoms with Crippen LogP contribution in [0.5, 0.6) is 11.5 Å². The lowest BCUT2D eigenvalue weighted by molar-refractivity contribution is 0.311. The molecular formula is C17H20Cl3N5O2. The fraction of sp³-hybridized carbons (Fsp3) is 0.471. The lowest BCUT2D eigenvalue weighted by Gasteiger charge is -2.32. The predicted molar refractivity (Wildman–Crippen MR) is 107 cm³/mol. The van der Waals surface area contributed by atoms with Crippen molar-refractivity contribution in [2.45, 2.75) is 3.79 Å². The summed E-state index contributed by atoms with van der Waals surface area (Å²) >= 11 is 18.2. The summed E-state index contributed by atoms with van der Waals surface area (Å²) in [6, 6.07) is 5.36. The highest BCUT2D eigenvalue weighted by atomic mass is 35.6. The van der Waals surface area contributed by atoms with Gasteiger partial charge in [-0.05, 0) is 19.2 Å². The Morgan fingerprint density at radius 3 is 2.00 bits per heavy atom. The molecule has 0 radical (unpaired) electrons. The summed E-state index contributed by atoms with van der Waals surface area (Å²) in [5.74, 6) is 2.17. The minimum atomic E-state index is -1.76. The molecule has 0 aliphatic carbocycles. The summed E-state index contributed by atoms with van der Waals surface area (Å²) in [5, 5.41) is 0. The number of rotatable bonds is 4. The van der Waals surface area contributed by atoms with E-state index >= 15 is 0 Å². The van der Waals surface area contributed by atoms with Gasteiger partial charge in [-0.25, -0.2) is 4.98 Å². The molecule has 0 atom stereocenters. The molecule has 0 unspecified atom stereocenters. The molecule has 1 aromatic heterocycles. The van der Waals surface area contributed by atoms with E-state index in [0.717, 1.165) is 26.2 Å². The van der Waals surface area contributed by atoms with Crippen molar-refractivity contribution in [1.29, 1.82) is 0 Å². The number of ether oxygens (including phenoxy) is 2. The predicted octanol–water partition coefficient (Wildman–Crippen LogP) is 3.13. The molecule has 7 nitrogen and oxygen atoms in total. The maximum Gasteiger partial charge on any atom is 0.250 e. The number of halogens is 3. The topological polar surface area (TPSA) is 63.6 Å². The van der Waals surface area contributed by atoms with Gasteiger partial charge in [0.05, 0.1) is 14.2 Å². The van der Waals surface area contributed by atoms with Crippen LogP contribution in [-0.4, -0.2) is 67.3 Å². The molecule has 0 N–H and O–H groups in total. The molecule has 0 saturated carbocycles. The van der Waals surface area contributed by atoms with Crippen LogP contribution in [0.3, 0.4) is 0 Å². The minimum absolute atomic E-state index is 0.0771. The third-order valence-corrected chi connectivity index (χ3v) is 4.78. The van der Waals surface area contributed by atoms with Crippen molar-refractivity contribution in [2.75, 3.05) is 52.3 Å². The first kappa shape index (κ1) is 20.2. The van der Waals surface area contributed by atoms with Gasteiger partial charge in [0.2, 0.25) is 9.74 Å². The van der Waals surface area contributed by atoms with E-state index in [9.17, 15) is 0 Å². The van der Waals surface area contributed by atoms with Gasteiger partial charge in [0, 0.05) is 37.8 Å². The lowest BCUT2D eigenvalue weighted by atomic mass is 10.2. The molecule has 10 heteroatoms. The molecule has 27 heavy (non-hydrogen) atoms. The van der Waals surface area contributed by atoms with Crippen molar-refractivity contribution in [1.82, 2.24) is 19.9 Å². The van der Waals surface area contributed by atoms with Crippen LogP contribution in [0.15, 0.2) is 18.2 Å². The Bertz CT molecular complexity index is 785. The fourth-order valence-electron chi connectivity index (χ4n) is 2.71. The second-order valence-corrected chi connectivity index (χ2v) is 8.45. The van der Waals surface area contributed by atoms with Crippen LogP contribution in [0.4, 0.5) is 5.95 Å². The van der Waals surface area contributed by atoms with Crippen LogP contribution < -0.4 is 14.4 Å². The number of anilines is 1. The highest BCUT2D eigenvalue weighted by Gasteiger charge is 2.30. The lowest BCUT2D eigenvalue weighted by Crippen LogP contribution is -2.45. The van der Waals surface area contributed by atoms with Crippen molar-refractivity contribution in [3.05, 3.63) is 24.0 Å². The van der Waals surface area contributed by atoms with Crippen LogP contribution in [0, 0.1) is 0 Å². The van der Waals surface area contributed by atoms with Gasteiger partial charge in [-0.1, -0.05) is 34.8 Å². The number of benzene rings is 1. The minimum Gasteiger partial charge on any atom is -0.497 e. The Kier molecular flexibility index (Phi) is 6.15. The van der Waals surface area contributed by atoms with E-state index in [1.807, 2.05) is 0 Å². The van der Waals surface area contributed by atoms with Crippen LogP contribution in [0.2, 0.25) is 0 Å². The number of methoxy groups -OCH3 is 2. The maximum atomic E-state index is 6.07. The zero-order chi connectivity index (χ0) is 19.6. The Balaban J connectivity index is 2.08. The molecule has 0 bridgehead atoms. The average Bonchev–Trinajstić information content (AvgIpc) is 2.67. The Labute approximate surface area is 173 Å². The van der Waals surface area contributed by atoms with Crippen molar-refractivity contribution < 1.29 is 9.47 Å². The number of alkyl halides is 3. The number of likely N-dealkylation sites (N-methyl/N-ethyl adjacent to an activating group) is 1. The zero-order valence-corrected chi connectivity index (χ0v) is 17.5. The molecule has 1 aromatic carbocycles. The molecule has 1 saturated heterocycles. The van der Waals surface area contributed by atoms with Gasteiger partial charge in [-0.15, -0.1) is 0 Å². The smallest absolute Gasteiger partial charge is 0.250 e. The van der Waals surface area contributed by atoms with E-state index in [-0.39, 0.29) is 5.82 Å². The summed E-state index contributed by atoms with van der Waals surface area (Å²) in [5.41, 5.74) is 0.680. The van der Waals surface area contributed by atoms with E-state index in [1.54, 1.807) is 32.4 Å². The standard InChI is InChI=1S/C17H20Cl3N5O2/c1-24-4-6-25(7-5-24)16-22-14(21-15(23-16)17(18,19)20)11-8-12(26-2)10-13(9-11)27-3/h8-10H,4-7H2,1-3H3. The summed E-state index contributed by atoms with van der Waals surface area (Å²) in [6.07, 6.45) is 0. The third kappa shape index (κ3) is 4.85. The van der Waals surface area contributed by atoms with Gasteiger partial charge in [-0.3, -0.25) is 0 Å². The first-order chi connectivity index (χ1) is 12.8. The second-order valence-electron chi connectivity index (χ2n) is 6.17. The molecule has 1 aliphatic rings. The molecule has 3 rings (SSSR count). The summed E-state index contributed by atoms with van der Waals surface area (Å²) in [7, 11) is 5.23. The Morgan fingerprint density at radius 2 is 1.48 bits per heavy atom. The Hall–Kier alpha value is -1.54. The summed E-state index contributed by atoms with van der Waals surface area (Å²) in [4.78, 5) is 17.7. The third-order valence-electron chi connectivity index (χ3n) is 4.27. The summed E-state index contributed by atoms with van der Waals surface area (Å²) in [6.45, 7) is 3.36. The van der Waals surface area contributed by atoms with Gasteiger partial charge in [0.25, 0.3) is 0 Å². The largest absolute Gasteiger partial charge is 0.497 e.